The van der Waals surface area contributed by atoms with E-state index in [-0.39, 0.29) is 18.9 Å². The number of hydrogen-bond acceptors (Lipinski definition) is 5. The van der Waals surface area contributed by atoms with E-state index in [9.17, 15) is 13.2 Å². The summed E-state index contributed by atoms with van der Waals surface area (Å²) in [5.41, 5.74) is 6.53. The molecule has 0 spiro atoms. The highest BCUT2D eigenvalue weighted by molar-refractivity contribution is 7.89. The number of hydrogen-bond donors (Lipinski definition) is 2. The number of benzene rings is 2. The van der Waals surface area contributed by atoms with Gasteiger partial charge in [0.2, 0.25) is 15.9 Å². The van der Waals surface area contributed by atoms with Gasteiger partial charge in [0.25, 0.3) is 0 Å². The summed E-state index contributed by atoms with van der Waals surface area (Å²) in [6, 6.07) is 7.87. The second-order valence-electron chi connectivity index (χ2n) is 9.43. The SMILES string of the molecule is Cc1c(C)c(C)c(S(=O)(=O)NCCC(=O)Nc2ccc(CN3CCN(C)CC3)cc2)c(C)c1C. The quantitative estimate of drug-likeness (QED) is 0.599. The van der Waals surface area contributed by atoms with Gasteiger partial charge in [0.05, 0.1) is 4.90 Å². The van der Waals surface area contributed by atoms with Crippen molar-refractivity contribution in [3.8, 4) is 0 Å². The lowest BCUT2D eigenvalue weighted by molar-refractivity contribution is -0.116. The first-order valence-corrected chi connectivity index (χ1v) is 13.3. The molecule has 0 aliphatic carbocycles. The smallest absolute Gasteiger partial charge is 0.241 e. The summed E-state index contributed by atoms with van der Waals surface area (Å²) in [5.74, 6) is -0.223. The summed E-state index contributed by atoms with van der Waals surface area (Å²) in [7, 11) is -1.57. The van der Waals surface area contributed by atoms with Crippen molar-refractivity contribution in [1.29, 1.82) is 0 Å². The van der Waals surface area contributed by atoms with Crippen molar-refractivity contribution in [2.75, 3.05) is 45.1 Å². The molecule has 0 bridgehead atoms. The maximum atomic E-state index is 13.0. The first kappa shape index (κ1) is 26.3. The molecule has 2 aromatic carbocycles. The van der Waals surface area contributed by atoms with Crippen molar-refractivity contribution in [1.82, 2.24) is 14.5 Å². The second kappa shape index (κ2) is 11.0. The third kappa shape index (κ3) is 6.24. The van der Waals surface area contributed by atoms with Gasteiger partial charge < -0.3 is 10.2 Å². The molecular formula is C26H38N4O3S. The van der Waals surface area contributed by atoms with Crippen LogP contribution in [0.5, 0.6) is 0 Å². The fourth-order valence-corrected chi connectivity index (χ4v) is 6.05. The summed E-state index contributed by atoms with van der Waals surface area (Å²) >= 11 is 0. The van der Waals surface area contributed by atoms with Crippen LogP contribution in [-0.2, 0) is 21.4 Å². The van der Waals surface area contributed by atoms with Crippen LogP contribution in [0.15, 0.2) is 29.2 Å². The van der Waals surface area contributed by atoms with E-state index >= 15 is 0 Å². The zero-order valence-corrected chi connectivity index (χ0v) is 22.1. The molecule has 0 atom stereocenters. The number of nitrogens with zero attached hydrogens (tertiary/aromatic N) is 2. The van der Waals surface area contributed by atoms with Gasteiger partial charge in [0.15, 0.2) is 0 Å². The van der Waals surface area contributed by atoms with Crippen LogP contribution in [0.3, 0.4) is 0 Å². The van der Waals surface area contributed by atoms with E-state index in [0.717, 1.165) is 60.5 Å². The molecule has 0 radical (unpaired) electrons. The van der Waals surface area contributed by atoms with Crippen LogP contribution in [0.4, 0.5) is 5.69 Å². The van der Waals surface area contributed by atoms with Gasteiger partial charge in [0, 0.05) is 51.4 Å². The van der Waals surface area contributed by atoms with Crippen molar-refractivity contribution < 1.29 is 13.2 Å². The molecule has 1 aliphatic heterocycles. The Morgan fingerprint density at radius 1 is 0.853 bits per heavy atom. The first-order chi connectivity index (χ1) is 16.0. The van der Waals surface area contributed by atoms with Crippen LogP contribution in [0.1, 0.15) is 39.8 Å². The lowest BCUT2D eigenvalue weighted by Crippen LogP contribution is -2.43. The second-order valence-corrected chi connectivity index (χ2v) is 11.1. The van der Waals surface area contributed by atoms with Gasteiger partial charge in [-0.2, -0.15) is 0 Å². The number of amides is 1. The lowest BCUT2D eigenvalue weighted by Gasteiger charge is -2.32. The molecule has 8 heteroatoms. The summed E-state index contributed by atoms with van der Waals surface area (Å²) in [4.78, 5) is 17.5. The number of sulfonamides is 1. The average Bonchev–Trinajstić information content (AvgIpc) is 2.79. The molecule has 1 fully saturated rings. The zero-order valence-electron chi connectivity index (χ0n) is 21.3. The summed E-state index contributed by atoms with van der Waals surface area (Å²) in [6.45, 7) is 14.8. The van der Waals surface area contributed by atoms with Gasteiger partial charge in [-0.3, -0.25) is 9.69 Å². The van der Waals surface area contributed by atoms with Gasteiger partial charge >= 0.3 is 0 Å². The summed E-state index contributed by atoms with van der Waals surface area (Å²) < 4.78 is 28.6. The van der Waals surface area contributed by atoms with Crippen molar-refractivity contribution in [3.05, 3.63) is 57.6 Å². The highest BCUT2D eigenvalue weighted by Gasteiger charge is 2.23. The van der Waals surface area contributed by atoms with Gasteiger partial charge in [-0.25, -0.2) is 13.1 Å². The van der Waals surface area contributed by atoms with Crippen molar-refractivity contribution in [3.63, 3.8) is 0 Å². The summed E-state index contributed by atoms with van der Waals surface area (Å²) in [5, 5.41) is 2.86. The van der Waals surface area contributed by atoms with Crippen molar-refractivity contribution in [2.45, 2.75) is 52.5 Å². The minimum atomic E-state index is -3.71. The van der Waals surface area contributed by atoms with Crippen LogP contribution >= 0.6 is 0 Å². The fraction of sp³-hybridized carbons (Fsp3) is 0.500. The molecule has 1 heterocycles. The Morgan fingerprint density at radius 3 is 1.94 bits per heavy atom. The number of likely N-dealkylation sites (N-methyl/N-ethyl adjacent to an activating group) is 1. The Bertz CT molecular complexity index is 1110. The van der Waals surface area contributed by atoms with Crippen molar-refractivity contribution in [2.24, 2.45) is 0 Å². The van der Waals surface area contributed by atoms with Crippen LogP contribution in [0.2, 0.25) is 0 Å². The predicted octanol–water partition coefficient (Wildman–Crippen LogP) is 3.28. The highest BCUT2D eigenvalue weighted by Crippen LogP contribution is 2.29. The third-order valence-corrected chi connectivity index (χ3v) is 8.82. The molecule has 34 heavy (non-hydrogen) atoms. The van der Waals surface area contributed by atoms with E-state index in [0.29, 0.717) is 10.6 Å². The van der Waals surface area contributed by atoms with E-state index in [1.807, 2.05) is 58.9 Å². The molecular weight excluding hydrogens is 448 g/mol. The average molecular weight is 487 g/mol. The third-order valence-electron chi connectivity index (χ3n) is 7.08. The van der Waals surface area contributed by atoms with E-state index in [1.165, 1.54) is 5.56 Å². The van der Waals surface area contributed by atoms with Crippen molar-refractivity contribution >= 4 is 21.6 Å². The Kier molecular flexibility index (Phi) is 8.52. The molecule has 186 valence electrons. The molecule has 1 amide bonds. The molecule has 2 aromatic rings. The van der Waals surface area contributed by atoms with Crippen LogP contribution in [-0.4, -0.2) is 63.9 Å². The normalized spacial score (nSPS) is 15.5. The zero-order chi connectivity index (χ0) is 25.0. The lowest BCUT2D eigenvalue weighted by atomic mass is 9.95. The van der Waals surface area contributed by atoms with E-state index in [1.54, 1.807) is 0 Å². The molecule has 1 aliphatic rings. The standard InChI is InChI=1S/C26H38N4O3S/c1-18-19(2)21(4)26(22(5)20(18)3)34(32,33)27-12-11-25(31)28-24-9-7-23(8-10-24)17-30-15-13-29(6)14-16-30/h7-10,27H,11-17H2,1-6H3,(H,28,31). The van der Waals surface area contributed by atoms with Crippen LogP contribution in [0.25, 0.3) is 0 Å². The van der Waals surface area contributed by atoms with Crippen LogP contribution < -0.4 is 10.0 Å². The molecule has 0 unspecified atom stereocenters. The number of carbonyl (C=O) groups is 1. The fourth-order valence-electron chi connectivity index (χ4n) is 4.42. The number of nitrogens with one attached hydrogen (secondary N) is 2. The van der Waals surface area contributed by atoms with E-state index in [2.05, 4.69) is 26.9 Å². The monoisotopic (exact) mass is 486 g/mol. The van der Waals surface area contributed by atoms with Gasteiger partial charge in [0.1, 0.15) is 0 Å². The minimum Gasteiger partial charge on any atom is -0.326 e. The summed E-state index contributed by atoms with van der Waals surface area (Å²) in [6.07, 6.45) is 0.0597. The minimum absolute atomic E-state index is 0.0422. The van der Waals surface area contributed by atoms with Crippen LogP contribution in [0, 0.1) is 34.6 Å². The van der Waals surface area contributed by atoms with Gasteiger partial charge in [-0.15, -0.1) is 0 Å². The Morgan fingerprint density at radius 2 is 1.38 bits per heavy atom. The Hall–Kier alpha value is -2.26. The highest BCUT2D eigenvalue weighted by atomic mass is 32.2. The number of rotatable bonds is 8. The molecule has 0 saturated carbocycles. The molecule has 3 rings (SSSR count). The molecule has 0 aromatic heterocycles. The molecule has 2 N–H and O–H groups in total. The maximum absolute atomic E-state index is 13.0. The largest absolute Gasteiger partial charge is 0.326 e. The number of piperazine rings is 1. The van der Waals surface area contributed by atoms with Gasteiger partial charge in [-0.1, -0.05) is 12.1 Å². The number of carbonyl (C=O) groups excluding carboxylic acids is 1. The molecule has 1 saturated heterocycles. The predicted molar refractivity (Wildman–Crippen MR) is 138 cm³/mol. The van der Waals surface area contributed by atoms with E-state index < -0.39 is 10.0 Å². The maximum Gasteiger partial charge on any atom is 0.241 e. The Labute approximate surface area is 204 Å². The van der Waals surface area contributed by atoms with Gasteiger partial charge in [-0.05, 0) is 87.2 Å². The molecule has 7 nitrogen and oxygen atoms in total. The number of anilines is 1. The topological polar surface area (TPSA) is 81.7 Å². The van der Waals surface area contributed by atoms with E-state index in [4.69, 9.17) is 0 Å². The Balaban J connectivity index is 1.53. The first-order valence-electron chi connectivity index (χ1n) is 11.9.